The van der Waals surface area contributed by atoms with Gasteiger partial charge in [-0.25, -0.2) is 8.42 Å². The van der Waals surface area contributed by atoms with Crippen LogP contribution in [0.5, 0.6) is 0 Å². The van der Waals surface area contributed by atoms with Gasteiger partial charge < -0.3 is 4.52 Å². The van der Waals surface area contributed by atoms with Gasteiger partial charge in [0, 0.05) is 36.8 Å². The largest absolute Gasteiger partial charge is 0.334 e. The third-order valence-corrected chi connectivity index (χ3v) is 6.80. The Morgan fingerprint density at radius 3 is 2.32 bits per heavy atom. The molecule has 1 saturated heterocycles. The number of aromatic nitrogens is 2. The molecular weight excluding hydrogens is 400 g/mol. The van der Waals surface area contributed by atoms with Crippen LogP contribution in [-0.4, -0.2) is 53.9 Å². The number of sulfonamides is 1. The van der Waals surface area contributed by atoms with Crippen LogP contribution in [0.2, 0.25) is 5.02 Å². The minimum Gasteiger partial charge on any atom is -0.334 e. The Morgan fingerprint density at radius 2 is 1.64 bits per heavy atom. The molecule has 0 spiro atoms. The van der Waals surface area contributed by atoms with E-state index in [2.05, 4.69) is 15.0 Å². The molecule has 0 bridgehead atoms. The Bertz CT molecular complexity index is 1030. The Hall–Kier alpha value is -2.26. The third-order valence-electron chi connectivity index (χ3n) is 4.64. The highest BCUT2D eigenvalue weighted by Gasteiger charge is 2.29. The molecule has 1 aliphatic heterocycles. The fourth-order valence-electron chi connectivity index (χ4n) is 3.10. The molecule has 1 aromatic heterocycles. The lowest BCUT2D eigenvalue weighted by molar-refractivity contribution is 0.176. The van der Waals surface area contributed by atoms with Gasteiger partial charge in [-0.05, 0) is 36.4 Å². The van der Waals surface area contributed by atoms with Crippen molar-refractivity contribution in [3.63, 3.8) is 0 Å². The molecule has 1 aliphatic rings. The number of hydrogen-bond donors (Lipinski definition) is 0. The standard InChI is InChI=1S/C19H19ClN4O3S/c20-16-6-8-17(9-7-16)28(25,26)24-12-10-23(11-13-24)14-18-21-19(27-22-18)15-4-2-1-3-5-15/h1-9H,10-14H2. The third kappa shape index (κ3) is 4.10. The van der Waals surface area contributed by atoms with Crippen molar-refractivity contribution in [2.45, 2.75) is 11.4 Å². The van der Waals surface area contributed by atoms with Crippen LogP contribution in [0.4, 0.5) is 0 Å². The van der Waals surface area contributed by atoms with Crippen molar-refractivity contribution in [2.24, 2.45) is 0 Å². The number of piperazine rings is 1. The van der Waals surface area contributed by atoms with E-state index in [1.165, 1.54) is 16.4 Å². The highest BCUT2D eigenvalue weighted by atomic mass is 35.5. The zero-order valence-corrected chi connectivity index (χ0v) is 16.6. The smallest absolute Gasteiger partial charge is 0.257 e. The van der Waals surface area contributed by atoms with Crippen LogP contribution in [-0.2, 0) is 16.6 Å². The molecule has 0 unspecified atom stereocenters. The first-order chi connectivity index (χ1) is 13.5. The van der Waals surface area contributed by atoms with Crippen molar-refractivity contribution in [2.75, 3.05) is 26.2 Å². The summed E-state index contributed by atoms with van der Waals surface area (Å²) in [7, 11) is -3.51. The Morgan fingerprint density at radius 1 is 0.964 bits per heavy atom. The number of rotatable bonds is 5. The first kappa shape index (κ1) is 19.1. The fraction of sp³-hybridized carbons (Fsp3) is 0.263. The fourth-order valence-corrected chi connectivity index (χ4v) is 4.65. The predicted molar refractivity (Wildman–Crippen MR) is 105 cm³/mol. The topological polar surface area (TPSA) is 79.5 Å². The van der Waals surface area contributed by atoms with E-state index >= 15 is 0 Å². The maximum absolute atomic E-state index is 12.7. The van der Waals surface area contributed by atoms with E-state index in [0.29, 0.717) is 49.5 Å². The maximum Gasteiger partial charge on any atom is 0.257 e. The quantitative estimate of drug-likeness (QED) is 0.633. The van der Waals surface area contributed by atoms with Crippen LogP contribution in [0.1, 0.15) is 5.82 Å². The molecule has 7 nitrogen and oxygen atoms in total. The van der Waals surface area contributed by atoms with Crippen LogP contribution >= 0.6 is 11.6 Å². The van der Waals surface area contributed by atoms with Crippen molar-refractivity contribution in [3.8, 4) is 11.5 Å². The molecule has 0 aliphatic carbocycles. The van der Waals surface area contributed by atoms with Gasteiger partial charge in [0.25, 0.3) is 5.89 Å². The molecule has 0 amide bonds. The Balaban J connectivity index is 1.37. The van der Waals surface area contributed by atoms with E-state index in [-0.39, 0.29) is 4.90 Å². The summed E-state index contributed by atoms with van der Waals surface area (Å²) in [6, 6.07) is 15.8. The highest BCUT2D eigenvalue weighted by molar-refractivity contribution is 7.89. The van der Waals surface area contributed by atoms with Gasteiger partial charge in [-0.1, -0.05) is 35.0 Å². The summed E-state index contributed by atoms with van der Waals surface area (Å²) in [6.45, 7) is 2.54. The van der Waals surface area contributed by atoms with E-state index in [4.69, 9.17) is 16.1 Å². The van der Waals surface area contributed by atoms with Gasteiger partial charge in [0.15, 0.2) is 5.82 Å². The number of nitrogens with zero attached hydrogens (tertiary/aromatic N) is 4. The molecule has 4 rings (SSSR count). The molecule has 2 aromatic carbocycles. The lowest BCUT2D eigenvalue weighted by Crippen LogP contribution is -2.48. The zero-order chi connectivity index (χ0) is 19.6. The molecule has 0 N–H and O–H groups in total. The lowest BCUT2D eigenvalue weighted by atomic mass is 10.2. The molecule has 9 heteroatoms. The lowest BCUT2D eigenvalue weighted by Gasteiger charge is -2.33. The zero-order valence-electron chi connectivity index (χ0n) is 15.0. The average Bonchev–Trinajstić information content (AvgIpc) is 3.18. The van der Waals surface area contributed by atoms with Crippen molar-refractivity contribution in [1.82, 2.24) is 19.3 Å². The average molecular weight is 419 g/mol. The van der Waals surface area contributed by atoms with Gasteiger partial charge >= 0.3 is 0 Å². The van der Waals surface area contributed by atoms with Crippen molar-refractivity contribution in [1.29, 1.82) is 0 Å². The summed E-state index contributed by atoms with van der Waals surface area (Å²) in [5.41, 5.74) is 0.875. The van der Waals surface area contributed by atoms with Crippen LogP contribution in [0.25, 0.3) is 11.5 Å². The maximum atomic E-state index is 12.7. The molecule has 0 radical (unpaired) electrons. The van der Waals surface area contributed by atoms with Gasteiger partial charge in [-0.3, -0.25) is 4.90 Å². The van der Waals surface area contributed by atoms with Crippen LogP contribution in [0.3, 0.4) is 0 Å². The van der Waals surface area contributed by atoms with Gasteiger partial charge in [0.1, 0.15) is 0 Å². The van der Waals surface area contributed by atoms with Gasteiger partial charge in [-0.15, -0.1) is 0 Å². The summed E-state index contributed by atoms with van der Waals surface area (Å²) in [6.07, 6.45) is 0. The second-order valence-corrected chi connectivity index (χ2v) is 8.89. The van der Waals surface area contributed by atoms with Crippen LogP contribution in [0, 0.1) is 0 Å². The SMILES string of the molecule is O=S(=O)(c1ccc(Cl)cc1)N1CCN(Cc2noc(-c3ccccc3)n2)CC1. The monoisotopic (exact) mass is 418 g/mol. The summed E-state index contributed by atoms with van der Waals surface area (Å²) in [4.78, 5) is 6.81. The molecule has 3 aromatic rings. The summed E-state index contributed by atoms with van der Waals surface area (Å²) >= 11 is 5.85. The number of halogens is 1. The molecule has 146 valence electrons. The minimum absolute atomic E-state index is 0.260. The minimum atomic E-state index is -3.51. The van der Waals surface area contributed by atoms with E-state index in [0.717, 1.165) is 5.56 Å². The first-order valence-electron chi connectivity index (χ1n) is 8.88. The predicted octanol–water partition coefficient (Wildman–Crippen LogP) is 2.90. The van der Waals surface area contributed by atoms with Gasteiger partial charge in [-0.2, -0.15) is 9.29 Å². The summed E-state index contributed by atoms with van der Waals surface area (Å²) in [5, 5.41) is 4.55. The van der Waals surface area contributed by atoms with Crippen molar-refractivity contribution in [3.05, 3.63) is 65.4 Å². The molecule has 2 heterocycles. The second kappa shape index (κ2) is 8.00. The number of benzene rings is 2. The first-order valence-corrected chi connectivity index (χ1v) is 10.7. The molecule has 28 heavy (non-hydrogen) atoms. The van der Waals surface area contributed by atoms with Crippen LogP contribution in [0.15, 0.2) is 64.0 Å². The van der Waals surface area contributed by atoms with Crippen molar-refractivity contribution >= 4 is 21.6 Å². The molecule has 0 atom stereocenters. The highest BCUT2D eigenvalue weighted by Crippen LogP contribution is 2.21. The van der Waals surface area contributed by atoms with Crippen molar-refractivity contribution < 1.29 is 12.9 Å². The molecule has 1 fully saturated rings. The molecular formula is C19H19ClN4O3S. The Labute approximate surface area is 168 Å². The van der Waals surface area contributed by atoms with Gasteiger partial charge in [0.2, 0.25) is 10.0 Å². The van der Waals surface area contributed by atoms with Crippen LogP contribution < -0.4 is 0 Å². The normalized spacial score (nSPS) is 16.3. The Kier molecular flexibility index (Phi) is 5.45. The van der Waals surface area contributed by atoms with E-state index in [9.17, 15) is 8.42 Å². The number of hydrogen-bond acceptors (Lipinski definition) is 6. The van der Waals surface area contributed by atoms with E-state index in [1.807, 2.05) is 30.3 Å². The summed E-state index contributed by atoms with van der Waals surface area (Å²) < 4.78 is 32.3. The summed E-state index contributed by atoms with van der Waals surface area (Å²) in [5.74, 6) is 1.08. The molecule has 0 saturated carbocycles. The van der Waals surface area contributed by atoms with E-state index in [1.54, 1.807) is 12.1 Å². The van der Waals surface area contributed by atoms with E-state index < -0.39 is 10.0 Å². The second-order valence-electron chi connectivity index (χ2n) is 6.52. The van der Waals surface area contributed by atoms with Gasteiger partial charge in [0.05, 0.1) is 11.4 Å².